The Hall–Kier alpha value is -2.27. The number of hydrogen-bond donors (Lipinski definition) is 0. The van der Waals surface area contributed by atoms with Gasteiger partial charge in [0.25, 0.3) is 0 Å². The van der Waals surface area contributed by atoms with Gasteiger partial charge in [-0.3, -0.25) is 0 Å². The van der Waals surface area contributed by atoms with Crippen molar-refractivity contribution in [3.05, 3.63) is 60.2 Å². The SMILES string of the molecule is CC(CCC#N)c1ccc(Oc2ccccc2)cc1. The average molecular weight is 251 g/mol. The van der Waals surface area contributed by atoms with E-state index in [0.29, 0.717) is 12.3 Å². The lowest BCUT2D eigenvalue weighted by Crippen LogP contribution is -1.93. The molecule has 0 saturated carbocycles. The third kappa shape index (κ3) is 3.86. The summed E-state index contributed by atoms with van der Waals surface area (Å²) in [6, 6.07) is 20.0. The summed E-state index contributed by atoms with van der Waals surface area (Å²) in [4.78, 5) is 0. The van der Waals surface area contributed by atoms with Gasteiger partial charge in [-0.25, -0.2) is 0 Å². The molecule has 0 fully saturated rings. The zero-order valence-electron chi connectivity index (χ0n) is 11.0. The summed E-state index contributed by atoms with van der Waals surface area (Å²) in [6.07, 6.45) is 1.50. The molecule has 0 spiro atoms. The van der Waals surface area contributed by atoms with Gasteiger partial charge in [-0.1, -0.05) is 37.3 Å². The molecule has 0 saturated heterocycles. The highest BCUT2D eigenvalue weighted by atomic mass is 16.5. The zero-order valence-corrected chi connectivity index (χ0v) is 11.0. The predicted molar refractivity (Wildman–Crippen MR) is 76.2 cm³/mol. The van der Waals surface area contributed by atoms with Gasteiger partial charge in [0, 0.05) is 6.42 Å². The van der Waals surface area contributed by atoms with Gasteiger partial charge in [-0.15, -0.1) is 0 Å². The second-order valence-corrected chi connectivity index (χ2v) is 4.58. The summed E-state index contributed by atoms with van der Waals surface area (Å²) in [6.45, 7) is 2.14. The first-order chi connectivity index (χ1) is 9.29. The van der Waals surface area contributed by atoms with Crippen molar-refractivity contribution in [3.8, 4) is 17.6 Å². The minimum absolute atomic E-state index is 0.408. The Morgan fingerprint density at radius 3 is 2.26 bits per heavy atom. The van der Waals surface area contributed by atoms with Crippen LogP contribution in [0.25, 0.3) is 0 Å². The molecule has 0 aliphatic heterocycles. The first-order valence-electron chi connectivity index (χ1n) is 6.49. The minimum Gasteiger partial charge on any atom is -0.457 e. The number of benzene rings is 2. The van der Waals surface area contributed by atoms with Crippen LogP contribution in [0.2, 0.25) is 0 Å². The summed E-state index contributed by atoms with van der Waals surface area (Å²) in [7, 11) is 0. The second-order valence-electron chi connectivity index (χ2n) is 4.58. The van der Waals surface area contributed by atoms with Crippen LogP contribution in [0.5, 0.6) is 11.5 Å². The maximum Gasteiger partial charge on any atom is 0.127 e. The van der Waals surface area contributed by atoms with E-state index in [9.17, 15) is 0 Å². The normalized spacial score (nSPS) is 11.6. The van der Waals surface area contributed by atoms with Crippen LogP contribution in [0.4, 0.5) is 0 Å². The van der Waals surface area contributed by atoms with Gasteiger partial charge in [0.05, 0.1) is 6.07 Å². The highest BCUT2D eigenvalue weighted by Gasteiger charge is 2.05. The molecule has 0 N–H and O–H groups in total. The van der Waals surface area contributed by atoms with E-state index in [1.165, 1.54) is 5.56 Å². The fourth-order valence-electron chi connectivity index (χ4n) is 1.94. The smallest absolute Gasteiger partial charge is 0.127 e. The van der Waals surface area contributed by atoms with E-state index in [4.69, 9.17) is 10.00 Å². The standard InChI is InChI=1S/C17H17NO/c1-14(6-5-13-18)15-9-11-17(12-10-15)19-16-7-3-2-4-8-16/h2-4,7-12,14H,5-6H2,1H3. The lowest BCUT2D eigenvalue weighted by Gasteiger charge is -2.11. The Bertz CT molecular complexity index is 540. The van der Waals surface area contributed by atoms with E-state index >= 15 is 0 Å². The number of para-hydroxylation sites is 1. The monoisotopic (exact) mass is 251 g/mol. The topological polar surface area (TPSA) is 33.0 Å². The number of hydrogen-bond acceptors (Lipinski definition) is 2. The van der Waals surface area contributed by atoms with Crippen LogP contribution in [0, 0.1) is 11.3 Å². The molecule has 0 aliphatic rings. The van der Waals surface area contributed by atoms with Gasteiger partial charge < -0.3 is 4.74 Å². The molecule has 2 aromatic rings. The van der Waals surface area contributed by atoms with E-state index < -0.39 is 0 Å². The lowest BCUT2D eigenvalue weighted by atomic mass is 9.96. The van der Waals surface area contributed by atoms with E-state index in [-0.39, 0.29) is 0 Å². The number of ether oxygens (including phenoxy) is 1. The molecule has 0 bridgehead atoms. The third-order valence-electron chi connectivity index (χ3n) is 3.12. The van der Waals surface area contributed by atoms with Gasteiger partial charge in [0.15, 0.2) is 0 Å². The van der Waals surface area contributed by atoms with Crippen molar-refractivity contribution in [3.63, 3.8) is 0 Å². The molecule has 2 nitrogen and oxygen atoms in total. The van der Waals surface area contributed by atoms with Crippen molar-refractivity contribution < 1.29 is 4.74 Å². The maximum absolute atomic E-state index is 8.60. The molecule has 2 aromatic carbocycles. The van der Waals surface area contributed by atoms with Crippen molar-refractivity contribution in [2.45, 2.75) is 25.7 Å². The first-order valence-corrected chi connectivity index (χ1v) is 6.49. The van der Waals surface area contributed by atoms with E-state index in [2.05, 4.69) is 25.1 Å². The zero-order chi connectivity index (χ0) is 13.5. The van der Waals surface area contributed by atoms with Crippen molar-refractivity contribution >= 4 is 0 Å². The van der Waals surface area contributed by atoms with Crippen LogP contribution < -0.4 is 4.74 Å². The van der Waals surface area contributed by atoms with Gasteiger partial charge in [0.1, 0.15) is 11.5 Å². The molecule has 0 radical (unpaired) electrons. The molecular weight excluding hydrogens is 234 g/mol. The lowest BCUT2D eigenvalue weighted by molar-refractivity contribution is 0.482. The van der Waals surface area contributed by atoms with Crippen molar-refractivity contribution in [2.24, 2.45) is 0 Å². The fraction of sp³-hybridized carbons (Fsp3) is 0.235. The first kappa shape index (κ1) is 13.2. The second kappa shape index (κ2) is 6.61. The Balaban J connectivity index is 2.01. The molecule has 0 aliphatic carbocycles. The third-order valence-corrected chi connectivity index (χ3v) is 3.12. The quantitative estimate of drug-likeness (QED) is 0.758. The Labute approximate surface area is 114 Å². The molecule has 19 heavy (non-hydrogen) atoms. The minimum atomic E-state index is 0.408. The van der Waals surface area contributed by atoms with Crippen molar-refractivity contribution in [2.75, 3.05) is 0 Å². The molecule has 0 aromatic heterocycles. The molecule has 2 heteroatoms. The highest BCUT2D eigenvalue weighted by molar-refractivity contribution is 5.33. The van der Waals surface area contributed by atoms with Gasteiger partial charge in [0.2, 0.25) is 0 Å². The average Bonchev–Trinajstić information content (AvgIpc) is 2.46. The van der Waals surface area contributed by atoms with Gasteiger partial charge in [-0.05, 0) is 42.2 Å². The summed E-state index contributed by atoms with van der Waals surface area (Å²) in [5, 5.41) is 8.60. The van der Waals surface area contributed by atoms with Crippen molar-refractivity contribution in [1.29, 1.82) is 5.26 Å². The van der Waals surface area contributed by atoms with E-state index in [1.54, 1.807) is 0 Å². The van der Waals surface area contributed by atoms with E-state index in [1.807, 2.05) is 42.5 Å². The van der Waals surface area contributed by atoms with Crippen LogP contribution >= 0.6 is 0 Å². The maximum atomic E-state index is 8.60. The van der Waals surface area contributed by atoms with Crippen LogP contribution in [0.15, 0.2) is 54.6 Å². The van der Waals surface area contributed by atoms with Crippen LogP contribution in [0.1, 0.15) is 31.2 Å². The largest absolute Gasteiger partial charge is 0.457 e. The molecular formula is C17H17NO. The molecule has 96 valence electrons. The Kier molecular flexibility index (Phi) is 4.58. The molecule has 1 unspecified atom stereocenters. The summed E-state index contributed by atoms with van der Waals surface area (Å²) < 4.78 is 5.74. The van der Waals surface area contributed by atoms with Crippen LogP contribution in [0.3, 0.4) is 0 Å². The van der Waals surface area contributed by atoms with Gasteiger partial charge >= 0.3 is 0 Å². The summed E-state index contributed by atoms with van der Waals surface area (Å²) >= 11 is 0. The molecule has 2 rings (SSSR count). The predicted octanol–water partition coefficient (Wildman–Crippen LogP) is 4.89. The van der Waals surface area contributed by atoms with Crippen LogP contribution in [-0.2, 0) is 0 Å². The summed E-state index contributed by atoms with van der Waals surface area (Å²) in [5.74, 6) is 2.08. The molecule has 0 amide bonds. The Morgan fingerprint density at radius 2 is 1.63 bits per heavy atom. The van der Waals surface area contributed by atoms with Crippen molar-refractivity contribution in [1.82, 2.24) is 0 Å². The summed E-state index contributed by atoms with van der Waals surface area (Å²) in [5.41, 5.74) is 1.25. The number of rotatable bonds is 5. The molecule has 0 heterocycles. The van der Waals surface area contributed by atoms with Crippen LogP contribution in [-0.4, -0.2) is 0 Å². The number of nitrogens with zero attached hydrogens (tertiary/aromatic N) is 1. The fourth-order valence-corrected chi connectivity index (χ4v) is 1.94. The Morgan fingerprint density at radius 1 is 1.00 bits per heavy atom. The highest BCUT2D eigenvalue weighted by Crippen LogP contribution is 2.25. The number of nitriles is 1. The van der Waals surface area contributed by atoms with E-state index in [0.717, 1.165) is 17.9 Å². The molecule has 1 atom stereocenters. The van der Waals surface area contributed by atoms with Gasteiger partial charge in [-0.2, -0.15) is 5.26 Å².